The fourth-order valence-electron chi connectivity index (χ4n) is 3.07. The Morgan fingerprint density at radius 3 is 2.06 bits per heavy atom. The molecule has 100 valence electrons. The lowest BCUT2D eigenvalue weighted by atomic mass is 9.99. The highest BCUT2D eigenvalue weighted by atomic mass is 16.2. The van der Waals surface area contributed by atoms with Crippen LogP contribution in [-0.2, 0) is 5.54 Å². The normalized spacial score (nSPS) is 18.1. The molecule has 0 saturated carbocycles. The lowest BCUT2D eigenvalue weighted by Gasteiger charge is -2.35. The average Bonchev–Trinajstić information content (AvgIpc) is 2.63. The number of carbonyl (C=O) groups is 1. The van der Waals surface area contributed by atoms with E-state index in [4.69, 9.17) is 0 Å². The van der Waals surface area contributed by atoms with Gasteiger partial charge in [-0.2, -0.15) is 5.10 Å². The van der Waals surface area contributed by atoms with E-state index in [1.165, 1.54) is 0 Å². The number of fused-ring (bicyclic) bond motifs is 1. The van der Waals surface area contributed by atoms with E-state index in [0.29, 0.717) is 0 Å². The van der Waals surface area contributed by atoms with Crippen LogP contribution >= 0.6 is 0 Å². The molecule has 1 amide bonds. The van der Waals surface area contributed by atoms with Crippen molar-refractivity contribution >= 4 is 5.91 Å². The molecule has 0 atom stereocenters. The molecule has 2 heterocycles. The Hall–Kier alpha value is -1.32. The lowest BCUT2D eigenvalue weighted by molar-refractivity contribution is 0.0512. The Labute approximate surface area is 109 Å². The summed E-state index contributed by atoms with van der Waals surface area (Å²) >= 11 is 0. The number of hydrogen-bond donors (Lipinski definition) is 0. The topological polar surface area (TPSA) is 38.1 Å². The number of carbonyl (C=O) groups excluding carboxylic acids is 1. The summed E-state index contributed by atoms with van der Waals surface area (Å²) in [5.74, 6) is 0.120. The van der Waals surface area contributed by atoms with Crippen LogP contribution in [0.1, 0.15) is 69.3 Å². The molecule has 0 bridgehead atoms. The van der Waals surface area contributed by atoms with Crippen LogP contribution in [0.15, 0.2) is 0 Å². The molecule has 1 aliphatic rings. The van der Waals surface area contributed by atoms with E-state index in [0.717, 1.165) is 17.0 Å². The number of hydrogen-bond acceptors (Lipinski definition) is 2. The number of nitrogens with zero attached hydrogens (tertiary/aromatic N) is 3. The van der Waals surface area contributed by atoms with Crippen molar-refractivity contribution in [2.45, 2.75) is 66.1 Å². The van der Waals surface area contributed by atoms with E-state index in [1.54, 1.807) is 0 Å². The highest BCUT2D eigenvalue weighted by Gasteiger charge is 2.48. The van der Waals surface area contributed by atoms with E-state index >= 15 is 0 Å². The highest BCUT2D eigenvalue weighted by molar-refractivity contribution is 6.00. The van der Waals surface area contributed by atoms with Crippen molar-refractivity contribution in [3.05, 3.63) is 17.0 Å². The van der Waals surface area contributed by atoms with E-state index in [2.05, 4.69) is 46.6 Å². The molecule has 4 nitrogen and oxygen atoms in total. The van der Waals surface area contributed by atoms with Gasteiger partial charge >= 0.3 is 0 Å². The first kappa shape index (κ1) is 13.1. The maximum absolute atomic E-state index is 12.6. The molecule has 2 rings (SSSR count). The number of rotatable bonds is 2. The van der Waals surface area contributed by atoms with Gasteiger partial charge in [-0.3, -0.25) is 9.48 Å². The summed E-state index contributed by atoms with van der Waals surface area (Å²) in [6.07, 6.45) is 0. The first-order chi connectivity index (χ1) is 8.19. The molecule has 0 N–H and O–H groups in total. The van der Waals surface area contributed by atoms with Crippen LogP contribution in [0.2, 0.25) is 0 Å². The SMILES string of the molecule is Cc1c2c(nn1C(C)C)C(C)(C)N(C(C)C)C2=O. The van der Waals surface area contributed by atoms with Crippen molar-refractivity contribution in [1.29, 1.82) is 0 Å². The predicted octanol–water partition coefficient (Wildman–Crippen LogP) is 2.87. The van der Waals surface area contributed by atoms with Crippen LogP contribution in [0, 0.1) is 6.92 Å². The summed E-state index contributed by atoms with van der Waals surface area (Å²) in [4.78, 5) is 14.5. The van der Waals surface area contributed by atoms with E-state index in [1.807, 2.05) is 16.5 Å². The number of amides is 1. The van der Waals surface area contributed by atoms with E-state index < -0.39 is 0 Å². The molecule has 4 heteroatoms. The Morgan fingerprint density at radius 1 is 1.11 bits per heavy atom. The largest absolute Gasteiger partial charge is 0.325 e. The van der Waals surface area contributed by atoms with Gasteiger partial charge in [0.25, 0.3) is 5.91 Å². The summed E-state index contributed by atoms with van der Waals surface area (Å²) in [5.41, 5.74) is 2.40. The molecule has 1 aliphatic heterocycles. The van der Waals surface area contributed by atoms with Gasteiger partial charge in [-0.25, -0.2) is 0 Å². The van der Waals surface area contributed by atoms with E-state index in [9.17, 15) is 4.79 Å². The fraction of sp³-hybridized carbons (Fsp3) is 0.714. The predicted molar refractivity (Wildman–Crippen MR) is 71.7 cm³/mol. The van der Waals surface area contributed by atoms with Crippen molar-refractivity contribution in [1.82, 2.24) is 14.7 Å². The van der Waals surface area contributed by atoms with Gasteiger partial charge in [-0.05, 0) is 48.5 Å². The zero-order chi connectivity index (χ0) is 13.8. The monoisotopic (exact) mass is 249 g/mol. The van der Waals surface area contributed by atoms with Gasteiger partial charge < -0.3 is 4.90 Å². The second-order valence-electron chi connectivity index (χ2n) is 6.18. The fourth-order valence-corrected chi connectivity index (χ4v) is 3.07. The molecular formula is C14H23N3O. The third kappa shape index (κ3) is 1.51. The zero-order valence-corrected chi connectivity index (χ0v) is 12.4. The minimum absolute atomic E-state index is 0.120. The van der Waals surface area contributed by atoms with Crippen LogP contribution in [0.25, 0.3) is 0 Å². The molecule has 1 aromatic rings. The second kappa shape index (κ2) is 3.84. The van der Waals surface area contributed by atoms with Gasteiger partial charge in [0, 0.05) is 17.8 Å². The molecular weight excluding hydrogens is 226 g/mol. The second-order valence-corrected chi connectivity index (χ2v) is 6.18. The zero-order valence-electron chi connectivity index (χ0n) is 12.4. The molecule has 0 aliphatic carbocycles. The quantitative estimate of drug-likeness (QED) is 0.808. The first-order valence-electron chi connectivity index (χ1n) is 6.62. The Morgan fingerprint density at radius 2 is 1.67 bits per heavy atom. The summed E-state index contributed by atoms with van der Waals surface area (Å²) in [6, 6.07) is 0.472. The standard InChI is InChI=1S/C14H23N3O/c1-8(2)16-13(18)11-10(5)17(9(3)4)15-12(11)14(16,6)7/h8-9H,1-7H3. The van der Waals surface area contributed by atoms with Crippen LogP contribution in [-0.4, -0.2) is 26.6 Å². The van der Waals surface area contributed by atoms with Gasteiger partial charge in [0.15, 0.2) is 0 Å². The van der Waals surface area contributed by atoms with E-state index in [-0.39, 0.29) is 23.5 Å². The molecule has 0 fully saturated rings. The molecule has 0 radical (unpaired) electrons. The summed E-state index contributed by atoms with van der Waals surface area (Å²) in [5, 5.41) is 4.68. The van der Waals surface area contributed by atoms with Crippen LogP contribution < -0.4 is 0 Å². The maximum atomic E-state index is 12.6. The Balaban J connectivity index is 2.63. The molecule has 0 aromatic carbocycles. The van der Waals surface area contributed by atoms with Crippen molar-refractivity contribution in [2.24, 2.45) is 0 Å². The van der Waals surface area contributed by atoms with Crippen molar-refractivity contribution < 1.29 is 4.79 Å². The molecule has 0 saturated heterocycles. The Kier molecular flexibility index (Phi) is 2.80. The smallest absolute Gasteiger partial charge is 0.258 e. The minimum Gasteiger partial charge on any atom is -0.325 e. The highest BCUT2D eigenvalue weighted by Crippen LogP contribution is 2.41. The van der Waals surface area contributed by atoms with Gasteiger partial charge in [-0.15, -0.1) is 0 Å². The van der Waals surface area contributed by atoms with Crippen molar-refractivity contribution in [3.63, 3.8) is 0 Å². The van der Waals surface area contributed by atoms with Crippen molar-refractivity contribution in [3.8, 4) is 0 Å². The lowest BCUT2D eigenvalue weighted by Crippen LogP contribution is -2.44. The third-order valence-corrected chi connectivity index (χ3v) is 3.77. The molecule has 0 unspecified atom stereocenters. The molecule has 0 spiro atoms. The van der Waals surface area contributed by atoms with Crippen LogP contribution in [0.5, 0.6) is 0 Å². The summed E-state index contributed by atoms with van der Waals surface area (Å²) < 4.78 is 1.96. The van der Waals surface area contributed by atoms with Gasteiger partial charge in [0.1, 0.15) is 5.69 Å². The van der Waals surface area contributed by atoms with Crippen molar-refractivity contribution in [2.75, 3.05) is 0 Å². The minimum atomic E-state index is -0.314. The molecule has 1 aromatic heterocycles. The maximum Gasteiger partial charge on any atom is 0.258 e. The van der Waals surface area contributed by atoms with Crippen LogP contribution in [0.3, 0.4) is 0 Å². The summed E-state index contributed by atoms with van der Waals surface area (Å²) in [6.45, 7) is 14.4. The van der Waals surface area contributed by atoms with Gasteiger partial charge in [0.2, 0.25) is 0 Å². The van der Waals surface area contributed by atoms with Gasteiger partial charge in [0.05, 0.1) is 11.1 Å². The molecule has 18 heavy (non-hydrogen) atoms. The Bertz CT molecular complexity index is 497. The first-order valence-corrected chi connectivity index (χ1v) is 6.62. The number of aromatic nitrogens is 2. The average molecular weight is 249 g/mol. The third-order valence-electron chi connectivity index (χ3n) is 3.77. The summed E-state index contributed by atoms with van der Waals surface area (Å²) in [7, 11) is 0. The van der Waals surface area contributed by atoms with Crippen LogP contribution in [0.4, 0.5) is 0 Å². The van der Waals surface area contributed by atoms with Gasteiger partial charge in [-0.1, -0.05) is 0 Å².